The van der Waals surface area contributed by atoms with E-state index in [1.165, 1.54) is 0 Å². The Labute approximate surface area is 116 Å². The molecule has 0 radical (unpaired) electrons. The van der Waals surface area contributed by atoms with E-state index in [1.807, 2.05) is 0 Å². The second-order valence-corrected chi connectivity index (χ2v) is 4.74. The molecule has 2 N–H and O–H groups in total. The van der Waals surface area contributed by atoms with Gasteiger partial charge in [0.2, 0.25) is 5.82 Å². The van der Waals surface area contributed by atoms with Crippen LogP contribution in [0.3, 0.4) is 0 Å². The number of nitrogens with zero attached hydrogens (tertiary/aromatic N) is 3. The van der Waals surface area contributed by atoms with Crippen LogP contribution in [-0.4, -0.2) is 35.4 Å². The van der Waals surface area contributed by atoms with Crippen LogP contribution in [0.2, 0.25) is 0 Å². The number of aromatic nitrogens is 3. The Hall–Kier alpha value is -1.99. The molecule has 1 fully saturated rings. The lowest BCUT2D eigenvalue weighted by molar-refractivity contribution is -0.101. The normalized spacial score (nSPS) is 18.1. The highest BCUT2D eigenvalue weighted by atomic mass is 16.5. The Kier molecular flexibility index (Phi) is 3.37. The average Bonchev–Trinajstić information content (AvgIpc) is 2.98. The number of methoxy groups -OCH3 is 1. The SMILES string of the molecule is COC1(c2noc(-c3cncc(N)c3)n2)CCOCC1. The van der Waals surface area contributed by atoms with Crippen LogP contribution in [0.25, 0.3) is 11.5 Å². The van der Waals surface area contributed by atoms with Gasteiger partial charge < -0.3 is 19.7 Å². The van der Waals surface area contributed by atoms with Gasteiger partial charge in [-0.3, -0.25) is 4.98 Å². The Bertz CT molecular complexity index is 593. The van der Waals surface area contributed by atoms with Crippen molar-refractivity contribution in [3.63, 3.8) is 0 Å². The molecule has 7 heteroatoms. The van der Waals surface area contributed by atoms with Crippen molar-refractivity contribution in [2.45, 2.75) is 18.4 Å². The molecule has 106 valence electrons. The van der Waals surface area contributed by atoms with Crippen LogP contribution in [0.15, 0.2) is 23.0 Å². The van der Waals surface area contributed by atoms with Gasteiger partial charge in [0.05, 0.1) is 11.3 Å². The van der Waals surface area contributed by atoms with E-state index in [2.05, 4.69) is 15.1 Å². The van der Waals surface area contributed by atoms with Crippen LogP contribution in [0, 0.1) is 0 Å². The molecule has 1 saturated heterocycles. The highest BCUT2D eigenvalue weighted by Crippen LogP contribution is 2.34. The topological polar surface area (TPSA) is 96.3 Å². The fourth-order valence-electron chi connectivity index (χ4n) is 2.32. The first kappa shape index (κ1) is 13.0. The first-order valence-electron chi connectivity index (χ1n) is 6.41. The number of nitrogens with two attached hydrogens (primary N) is 1. The summed E-state index contributed by atoms with van der Waals surface area (Å²) in [5.74, 6) is 0.934. The Morgan fingerprint density at radius 2 is 2.10 bits per heavy atom. The maximum atomic E-state index is 5.70. The van der Waals surface area contributed by atoms with E-state index < -0.39 is 5.60 Å². The number of hydrogen-bond acceptors (Lipinski definition) is 7. The minimum absolute atomic E-state index is 0.391. The molecule has 0 saturated carbocycles. The second-order valence-electron chi connectivity index (χ2n) is 4.74. The zero-order valence-electron chi connectivity index (χ0n) is 11.2. The van der Waals surface area contributed by atoms with E-state index in [1.54, 1.807) is 25.6 Å². The van der Waals surface area contributed by atoms with Crippen molar-refractivity contribution in [2.24, 2.45) is 0 Å². The van der Waals surface area contributed by atoms with Crippen molar-refractivity contribution in [1.82, 2.24) is 15.1 Å². The van der Waals surface area contributed by atoms with Crippen molar-refractivity contribution in [3.05, 3.63) is 24.3 Å². The first-order valence-corrected chi connectivity index (χ1v) is 6.41. The Morgan fingerprint density at radius 1 is 1.30 bits per heavy atom. The summed E-state index contributed by atoms with van der Waals surface area (Å²) < 4.78 is 16.3. The van der Waals surface area contributed by atoms with Gasteiger partial charge >= 0.3 is 0 Å². The molecule has 0 bridgehead atoms. The molecule has 0 unspecified atom stereocenters. The first-order chi connectivity index (χ1) is 9.73. The summed E-state index contributed by atoms with van der Waals surface area (Å²) in [5.41, 5.74) is 6.42. The molecule has 2 aromatic rings. The van der Waals surface area contributed by atoms with Crippen molar-refractivity contribution >= 4 is 5.69 Å². The zero-order chi connectivity index (χ0) is 14.0. The van der Waals surface area contributed by atoms with Crippen molar-refractivity contribution in [1.29, 1.82) is 0 Å². The van der Waals surface area contributed by atoms with E-state index in [9.17, 15) is 0 Å². The van der Waals surface area contributed by atoms with Gasteiger partial charge in [-0.15, -0.1) is 0 Å². The molecule has 1 aliphatic heterocycles. The molecular formula is C13H16N4O3. The summed E-state index contributed by atoms with van der Waals surface area (Å²) >= 11 is 0. The minimum Gasteiger partial charge on any atom is -0.397 e. The second kappa shape index (κ2) is 5.18. The number of anilines is 1. The third-order valence-electron chi connectivity index (χ3n) is 3.53. The van der Waals surface area contributed by atoms with Gasteiger partial charge in [-0.25, -0.2) is 0 Å². The summed E-state index contributed by atoms with van der Waals surface area (Å²) in [4.78, 5) is 8.45. The van der Waals surface area contributed by atoms with Crippen LogP contribution >= 0.6 is 0 Å². The molecule has 0 atom stereocenters. The fourth-order valence-corrected chi connectivity index (χ4v) is 2.32. The Balaban J connectivity index is 1.93. The Morgan fingerprint density at radius 3 is 2.80 bits per heavy atom. The van der Waals surface area contributed by atoms with Gasteiger partial charge in [-0.1, -0.05) is 5.16 Å². The summed E-state index contributed by atoms with van der Waals surface area (Å²) in [6.07, 6.45) is 4.61. The molecule has 1 aliphatic rings. The van der Waals surface area contributed by atoms with E-state index >= 15 is 0 Å². The average molecular weight is 276 g/mol. The maximum Gasteiger partial charge on any atom is 0.259 e. The minimum atomic E-state index is -0.534. The summed E-state index contributed by atoms with van der Waals surface area (Å²) in [5, 5.41) is 4.05. The van der Waals surface area contributed by atoms with E-state index in [0.29, 0.717) is 49.0 Å². The smallest absolute Gasteiger partial charge is 0.259 e. The molecular weight excluding hydrogens is 260 g/mol. The maximum absolute atomic E-state index is 5.70. The molecule has 0 amide bonds. The van der Waals surface area contributed by atoms with Gasteiger partial charge in [0, 0.05) is 45.6 Å². The number of ether oxygens (including phenoxy) is 2. The van der Waals surface area contributed by atoms with E-state index in [0.717, 1.165) is 0 Å². The van der Waals surface area contributed by atoms with Crippen LogP contribution in [-0.2, 0) is 15.1 Å². The molecule has 3 heterocycles. The van der Waals surface area contributed by atoms with Crippen LogP contribution in [0.5, 0.6) is 0 Å². The van der Waals surface area contributed by atoms with Gasteiger partial charge in [0.25, 0.3) is 5.89 Å². The highest BCUT2D eigenvalue weighted by molar-refractivity contribution is 5.57. The predicted octanol–water partition coefficient (Wildman–Crippen LogP) is 1.37. The van der Waals surface area contributed by atoms with Crippen LogP contribution < -0.4 is 5.73 Å². The number of pyridine rings is 1. The summed E-state index contributed by atoms with van der Waals surface area (Å²) in [6, 6.07) is 1.74. The zero-order valence-corrected chi connectivity index (χ0v) is 11.2. The molecule has 3 rings (SSSR count). The molecule has 0 aliphatic carbocycles. The van der Waals surface area contributed by atoms with Gasteiger partial charge in [-0.05, 0) is 6.07 Å². The lowest BCUT2D eigenvalue weighted by Crippen LogP contribution is -2.36. The summed E-state index contributed by atoms with van der Waals surface area (Å²) in [6.45, 7) is 1.25. The van der Waals surface area contributed by atoms with Crippen molar-refractivity contribution < 1.29 is 14.0 Å². The quantitative estimate of drug-likeness (QED) is 0.904. The lowest BCUT2D eigenvalue weighted by Gasteiger charge is -2.32. The summed E-state index contributed by atoms with van der Waals surface area (Å²) in [7, 11) is 1.66. The van der Waals surface area contributed by atoms with E-state index in [-0.39, 0.29) is 0 Å². The van der Waals surface area contributed by atoms with Crippen molar-refractivity contribution in [2.75, 3.05) is 26.1 Å². The molecule has 2 aromatic heterocycles. The monoisotopic (exact) mass is 276 g/mol. The fraction of sp³-hybridized carbons (Fsp3) is 0.462. The van der Waals surface area contributed by atoms with Gasteiger partial charge in [0.1, 0.15) is 5.60 Å². The molecule has 0 spiro atoms. The number of hydrogen-bond donors (Lipinski definition) is 1. The van der Waals surface area contributed by atoms with Crippen molar-refractivity contribution in [3.8, 4) is 11.5 Å². The molecule has 20 heavy (non-hydrogen) atoms. The number of nitrogen functional groups attached to an aromatic ring is 1. The highest BCUT2D eigenvalue weighted by Gasteiger charge is 2.39. The lowest BCUT2D eigenvalue weighted by atomic mass is 9.93. The van der Waals surface area contributed by atoms with Gasteiger partial charge in [0.15, 0.2) is 0 Å². The molecule has 0 aromatic carbocycles. The van der Waals surface area contributed by atoms with Gasteiger partial charge in [-0.2, -0.15) is 4.98 Å². The van der Waals surface area contributed by atoms with Crippen LogP contribution in [0.1, 0.15) is 18.7 Å². The largest absolute Gasteiger partial charge is 0.397 e. The number of rotatable bonds is 3. The third kappa shape index (κ3) is 2.25. The van der Waals surface area contributed by atoms with Crippen LogP contribution in [0.4, 0.5) is 5.69 Å². The third-order valence-corrected chi connectivity index (χ3v) is 3.53. The molecule has 7 nitrogen and oxygen atoms in total. The standard InChI is InChI=1S/C13H16N4O3/c1-18-13(2-4-19-5-3-13)12-16-11(20-17-12)9-6-10(14)8-15-7-9/h6-8H,2-5,14H2,1H3. The van der Waals surface area contributed by atoms with E-state index in [4.69, 9.17) is 19.7 Å². The predicted molar refractivity (Wildman–Crippen MR) is 70.7 cm³/mol.